The number of nitrogens with two attached hydrogens (primary N) is 1. The zero-order valence-electron chi connectivity index (χ0n) is 10.7. The predicted octanol–water partition coefficient (Wildman–Crippen LogP) is 1.29. The number of aromatic nitrogens is 3. The first-order valence-corrected chi connectivity index (χ1v) is 6.63. The van der Waals surface area contributed by atoms with Crippen LogP contribution in [-0.2, 0) is 13.5 Å². The first-order valence-electron chi connectivity index (χ1n) is 5.81. The topological polar surface area (TPSA) is 76.7 Å². The van der Waals surface area contributed by atoms with Crippen LogP contribution in [0.5, 0.6) is 0 Å². The minimum Gasteiger partial charge on any atom is -0.328 e. The van der Waals surface area contributed by atoms with Crippen LogP contribution in [0, 0.1) is 5.82 Å². The van der Waals surface area contributed by atoms with Gasteiger partial charge in [-0.2, -0.15) is 0 Å². The third kappa shape index (κ3) is 3.05. The van der Waals surface area contributed by atoms with Gasteiger partial charge in [0.25, 0.3) is 0 Å². The van der Waals surface area contributed by atoms with Gasteiger partial charge >= 0.3 is 5.69 Å². The Kier molecular flexibility index (Phi) is 4.06. The molecule has 0 bridgehead atoms. The van der Waals surface area contributed by atoms with Crippen molar-refractivity contribution in [3.8, 4) is 0 Å². The highest BCUT2D eigenvalue weighted by atomic mass is 32.2. The van der Waals surface area contributed by atoms with E-state index in [0.717, 1.165) is 17.3 Å². The maximum Gasteiger partial charge on any atom is 0.343 e. The monoisotopic (exact) mass is 282 g/mol. The van der Waals surface area contributed by atoms with E-state index in [2.05, 4.69) is 10.2 Å². The Morgan fingerprint density at radius 1 is 1.58 bits per heavy atom. The third-order valence-corrected chi connectivity index (χ3v) is 3.83. The molecule has 2 rings (SSSR count). The van der Waals surface area contributed by atoms with Crippen LogP contribution in [0.3, 0.4) is 0 Å². The molecular formula is C12H15FN4OS. The Morgan fingerprint density at radius 3 is 2.89 bits per heavy atom. The standard InChI is InChI=1S/C12H15FN4OS/c1-7(14)6-8-4-3-5-9(13)10(8)19-12-16-15-11(18)17(12)2/h3-5,7H,6,14H2,1-2H3,(H,15,18). The van der Waals surface area contributed by atoms with Gasteiger partial charge in [0.15, 0.2) is 5.16 Å². The minimum absolute atomic E-state index is 0.0656. The van der Waals surface area contributed by atoms with Crippen LogP contribution in [-0.4, -0.2) is 20.8 Å². The van der Waals surface area contributed by atoms with Gasteiger partial charge in [0, 0.05) is 13.1 Å². The van der Waals surface area contributed by atoms with Gasteiger partial charge in [-0.25, -0.2) is 14.3 Å². The van der Waals surface area contributed by atoms with E-state index in [1.165, 1.54) is 10.6 Å². The molecule has 3 N–H and O–H groups in total. The number of nitrogens with zero attached hydrogens (tertiary/aromatic N) is 2. The van der Waals surface area contributed by atoms with Gasteiger partial charge < -0.3 is 5.73 Å². The molecule has 1 atom stereocenters. The van der Waals surface area contributed by atoms with Gasteiger partial charge in [-0.15, -0.1) is 5.10 Å². The highest BCUT2D eigenvalue weighted by Crippen LogP contribution is 2.31. The second kappa shape index (κ2) is 5.58. The fourth-order valence-electron chi connectivity index (χ4n) is 1.69. The summed E-state index contributed by atoms with van der Waals surface area (Å²) in [5.41, 5.74) is 6.25. The molecule has 0 aliphatic carbocycles. The Balaban J connectivity index is 2.38. The molecule has 0 fully saturated rings. The molecule has 0 saturated carbocycles. The summed E-state index contributed by atoms with van der Waals surface area (Å²) in [6.45, 7) is 1.86. The van der Waals surface area contributed by atoms with Crippen molar-refractivity contribution in [1.29, 1.82) is 0 Å². The second-order valence-electron chi connectivity index (χ2n) is 4.38. The van der Waals surface area contributed by atoms with E-state index < -0.39 is 0 Å². The minimum atomic E-state index is -0.335. The average Bonchev–Trinajstić information content (AvgIpc) is 2.64. The van der Waals surface area contributed by atoms with Gasteiger partial charge in [-0.1, -0.05) is 12.1 Å². The molecule has 0 aliphatic rings. The van der Waals surface area contributed by atoms with Crippen molar-refractivity contribution in [1.82, 2.24) is 14.8 Å². The lowest BCUT2D eigenvalue weighted by Crippen LogP contribution is -2.18. The first kappa shape index (κ1) is 13.8. The van der Waals surface area contributed by atoms with E-state index in [-0.39, 0.29) is 17.5 Å². The second-order valence-corrected chi connectivity index (χ2v) is 5.36. The lowest BCUT2D eigenvalue weighted by molar-refractivity contribution is 0.592. The zero-order valence-corrected chi connectivity index (χ0v) is 11.5. The fourth-order valence-corrected chi connectivity index (χ4v) is 2.63. The summed E-state index contributed by atoms with van der Waals surface area (Å²) in [5, 5.41) is 6.61. The number of benzene rings is 1. The van der Waals surface area contributed by atoms with Crippen molar-refractivity contribution in [3.05, 3.63) is 40.1 Å². The highest BCUT2D eigenvalue weighted by molar-refractivity contribution is 7.99. The van der Waals surface area contributed by atoms with Crippen LogP contribution in [0.4, 0.5) is 4.39 Å². The van der Waals surface area contributed by atoms with E-state index in [4.69, 9.17) is 5.73 Å². The molecule has 1 heterocycles. The zero-order chi connectivity index (χ0) is 14.0. The molecular weight excluding hydrogens is 267 g/mol. The highest BCUT2D eigenvalue weighted by Gasteiger charge is 2.15. The number of H-pyrrole nitrogens is 1. The summed E-state index contributed by atoms with van der Waals surface area (Å²) in [5.74, 6) is -0.335. The Bertz CT molecular complexity index is 635. The Labute approximate surface area is 114 Å². The molecule has 0 aliphatic heterocycles. The van der Waals surface area contributed by atoms with E-state index in [1.807, 2.05) is 13.0 Å². The number of halogens is 1. The maximum absolute atomic E-state index is 13.9. The van der Waals surface area contributed by atoms with Gasteiger partial charge in [0.05, 0.1) is 4.90 Å². The molecule has 1 unspecified atom stereocenters. The predicted molar refractivity (Wildman–Crippen MR) is 71.7 cm³/mol. The van der Waals surface area contributed by atoms with Gasteiger partial charge in [0.2, 0.25) is 0 Å². The van der Waals surface area contributed by atoms with Gasteiger partial charge in [-0.05, 0) is 36.7 Å². The summed E-state index contributed by atoms with van der Waals surface area (Å²) >= 11 is 1.12. The van der Waals surface area contributed by atoms with Crippen molar-refractivity contribution in [2.75, 3.05) is 0 Å². The number of rotatable bonds is 4. The van der Waals surface area contributed by atoms with Gasteiger partial charge in [-0.3, -0.25) is 4.57 Å². The molecule has 1 aromatic carbocycles. The normalized spacial score (nSPS) is 12.6. The molecule has 0 spiro atoms. The summed E-state index contributed by atoms with van der Waals surface area (Å²) in [7, 11) is 1.58. The fraction of sp³-hybridized carbons (Fsp3) is 0.333. The summed E-state index contributed by atoms with van der Waals surface area (Å²) < 4.78 is 15.3. The Hall–Kier alpha value is -1.60. The summed E-state index contributed by atoms with van der Waals surface area (Å²) in [6.07, 6.45) is 0.568. The summed E-state index contributed by atoms with van der Waals surface area (Å²) in [6, 6.07) is 4.81. The van der Waals surface area contributed by atoms with E-state index in [0.29, 0.717) is 16.5 Å². The molecule has 7 heteroatoms. The van der Waals surface area contributed by atoms with Crippen molar-refractivity contribution < 1.29 is 4.39 Å². The largest absolute Gasteiger partial charge is 0.343 e. The SMILES string of the molecule is CC(N)Cc1cccc(F)c1Sc1n[nH]c(=O)n1C. The van der Waals surface area contributed by atoms with Gasteiger partial charge in [0.1, 0.15) is 5.82 Å². The van der Waals surface area contributed by atoms with Crippen LogP contribution >= 0.6 is 11.8 Å². The van der Waals surface area contributed by atoms with Crippen molar-refractivity contribution in [3.63, 3.8) is 0 Å². The van der Waals surface area contributed by atoms with Crippen molar-refractivity contribution in [2.24, 2.45) is 12.8 Å². The van der Waals surface area contributed by atoms with Crippen LogP contribution in [0.25, 0.3) is 0 Å². The quantitative estimate of drug-likeness (QED) is 0.886. The van der Waals surface area contributed by atoms with Crippen LogP contribution in [0.2, 0.25) is 0 Å². The van der Waals surface area contributed by atoms with Crippen molar-refractivity contribution >= 4 is 11.8 Å². The van der Waals surface area contributed by atoms with E-state index >= 15 is 0 Å². The number of aromatic amines is 1. The third-order valence-electron chi connectivity index (χ3n) is 2.62. The lowest BCUT2D eigenvalue weighted by atomic mass is 10.1. The van der Waals surface area contributed by atoms with E-state index in [1.54, 1.807) is 13.1 Å². The Morgan fingerprint density at radius 2 is 2.32 bits per heavy atom. The van der Waals surface area contributed by atoms with Crippen LogP contribution in [0.1, 0.15) is 12.5 Å². The molecule has 102 valence electrons. The molecule has 5 nitrogen and oxygen atoms in total. The lowest BCUT2D eigenvalue weighted by Gasteiger charge is -2.11. The summed E-state index contributed by atoms with van der Waals surface area (Å²) in [4.78, 5) is 11.8. The smallest absolute Gasteiger partial charge is 0.328 e. The maximum atomic E-state index is 13.9. The van der Waals surface area contributed by atoms with E-state index in [9.17, 15) is 9.18 Å². The number of hydrogen-bond acceptors (Lipinski definition) is 4. The van der Waals surface area contributed by atoms with Crippen molar-refractivity contribution in [2.45, 2.75) is 29.4 Å². The van der Waals surface area contributed by atoms with Crippen LogP contribution < -0.4 is 11.4 Å². The molecule has 0 saturated heterocycles. The molecule has 19 heavy (non-hydrogen) atoms. The molecule has 2 aromatic rings. The molecule has 0 radical (unpaired) electrons. The number of hydrogen-bond donors (Lipinski definition) is 2. The number of nitrogens with one attached hydrogen (secondary N) is 1. The molecule has 1 aromatic heterocycles. The first-order chi connectivity index (χ1) is 8.99. The average molecular weight is 282 g/mol. The van der Waals surface area contributed by atoms with Crippen LogP contribution in [0.15, 0.2) is 33.0 Å². The molecule has 0 amide bonds.